The summed E-state index contributed by atoms with van der Waals surface area (Å²) in [5, 5.41) is 0. The fourth-order valence-corrected chi connectivity index (χ4v) is 1.53. The van der Waals surface area contributed by atoms with Gasteiger partial charge in [0.25, 0.3) is 0 Å². The lowest BCUT2D eigenvalue weighted by atomic mass is 9.80. The van der Waals surface area contributed by atoms with E-state index >= 15 is 0 Å². The molecule has 0 heterocycles. The topological polar surface area (TPSA) is 52.6 Å². The van der Waals surface area contributed by atoms with Gasteiger partial charge in [-0.05, 0) is 26.7 Å². The van der Waals surface area contributed by atoms with Crippen LogP contribution in [0.3, 0.4) is 0 Å². The van der Waals surface area contributed by atoms with Gasteiger partial charge < -0.3 is 9.47 Å². The molecule has 0 unspecified atom stereocenters. The van der Waals surface area contributed by atoms with Crippen molar-refractivity contribution < 1.29 is 19.1 Å². The van der Waals surface area contributed by atoms with Gasteiger partial charge >= 0.3 is 11.9 Å². The maximum atomic E-state index is 11.9. The molecule has 0 bridgehead atoms. The highest BCUT2D eigenvalue weighted by Gasteiger charge is 2.46. The predicted molar refractivity (Wildman–Crippen MR) is 65.3 cm³/mol. The van der Waals surface area contributed by atoms with E-state index in [9.17, 15) is 9.59 Å². The minimum atomic E-state index is -1.28. The van der Waals surface area contributed by atoms with Crippen molar-refractivity contribution in [3.8, 4) is 0 Å². The molecule has 0 aromatic carbocycles. The molecule has 0 saturated heterocycles. The molecule has 0 aliphatic rings. The number of ether oxygens (including phenoxy) is 2. The molecule has 17 heavy (non-hydrogen) atoms. The average Bonchev–Trinajstić information content (AvgIpc) is 2.37. The van der Waals surface area contributed by atoms with Crippen LogP contribution < -0.4 is 0 Å². The van der Waals surface area contributed by atoms with Gasteiger partial charge in [0.1, 0.15) is 0 Å². The van der Waals surface area contributed by atoms with Crippen LogP contribution in [-0.4, -0.2) is 26.2 Å². The van der Waals surface area contributed by atoms with Gasteiger partial charge in [-0.15, -0.1) is 0 Å². The fraction of sp³-hybridized carbons (Fsp3) is 0.538. The van der Waals surface area contributed by atoms with Crippen LogP contribution in [0.4, 0.5) is 0 Å². The van der Waals surface area contributed by atoms with E-state index in [1.54, 1.807) is 24.3 Å². The van der Waals surface area contributed by atoms with E-state index in [4.69, 9.17) is 9.47 Å². The lowest BCUT2D eigenvalue weighted by Gasteiger charge is -2.25. The van der Waals surface area contributed by atoms with E-state index in [0.29, 0.717) is 0 Å². The maximum absolute atomic E-state index is 11.9. The quantitative estimate of drug-likeness (QED) is 0.406. The Labute approximate surface area is 102 Å². The lowest BCUT2D eigenvalue weighted by Crippen LogP contribution is -2.40. The minimum absolute atomic E-state index is 0.271. The summed E-state index contributed by atoms with van der Waals surface area (Å²) in [5.74, 6) is -1.14. The third-order valence-corrected chi connectivity index (χ3v) is 2.56. The molecular formula is C13H20O4. The number of hydrogen-bond acceptors (Lipinski definition) is 4. The van der Waals surface area contributed by atoms with Crippen LogP contribution in [0.15, 0.2) is 24.3 Å². The van der Waals surface area contributed by atoms with Crippen LogP contribution in [0.2, 0.25) is 0 Å². The largest absolute Gasteiger partial charge is 0.468 e. The lowest BCUT2D eigenvalue weighted by molar-refractivity contribution is -0.168. The van der Waals surface area contributed by atoms with Crippen molar-refractivity contribution in [2.24, 2.45) is 5.41 Å². The Hall–Kier alpha value is -1.58. The molecular weight excluding hydrogens is 220 g/mol. The molecule has 4 nitrogen and oxygen atoms in total. The van der Waals surface area contributed by atoms with Crippen LogP contribution in [0, 0.1) is 5.41 Å². The Morgan fingerprint density at radius 1 is 0.941 bits per heavy atom. The zero-order chi connectivity index (χ0) is 13.3. The van der Waals surface area contributed by atoms with E-state index in [1.165, 1.54) is 14.2 Å². The summed E-state index contributed by atoms with van der Waals surface area (Å²) in [6.45, 7) is 3.66. The fourth-order valence-electron chi connectivity index (χ4n) is 1.53. The number of carbonyl (C=O) groups is 2. The normalized spacial score (nSPS) is 12.0. The Kier molecular flexibility index (Phi) is 6.94. The zero-order valence-electron chi connectivity index (χ0n) is 10.9. The van der Waals surface area contributed by atoms with Crippen LogP contribution in [-0.2, 0) is 19.1 Å². The molecule has 0 fully saturated rings. The van der Waals surface area contributed by atoms with Crippen molar-refractivity contribution in [3.63, 3.8) is 0 Å². The molecule has 0 spiro atoms. The van der Waals surface area contributed by atoms with Gasteiger partial charge in [0.05, 0.1) is 14.2 Å². The van der Waals surface area contributed by atoms with E-state index in [1.807, 2.05) is 13.8 Å². The van der Waals surface area contributed by atoms with E-state index in [2.05, 4.69) is 0 Å². The van der Waals surface area contributed by atoms with E-state index in [-0.39, 0.29) is 12.8 Å². The van der Waals surface area contributed by atoms with Gasteiger partial charge in [0, 0.05) is 0 Å². The van der Waals surface area contributed by atoms with Crippen LogP contribution in [0.1, 0.15) is 26.7 Å². The molecule has 0 rings (SSSR count). The summed E-state index contributed by atoms with van der Waals surface area (Å²) in [4.78, 5) is 23.7. The SMILES string of the molecule is C/C=C/CC(C/C=C/C)(C(=O)OC)C(=O)OC. The molecule has 0 amide bonds. The molecule has 0 aromatic rings. The smallest absolute Gasteiger partial charge is 0.323 e. The third kappa shape index (κ3) is 3.73. The van der Waals surface area contributed by atoms with Crippen molar-refractivity contribution in [1.29, 1.82) is 0 Å². The Morgan fingerprint density at radius 3 is 1.53 bits per heavy atom. The first kappa shape index (κ1) is 15.4. The van der Waals surface area contributed by atoms with Crippen LogP contribution >= 0.6 is 0 Å². The van der Waals surface area contributed by atoms with Crippen molar-refractivity contribution in [3.05, 3.63) is 24.3 Å². The zero-order valence-corrected chi connectivity index (χ0v) is 10.9. The molecule has 0 radical (unpaired) electrons. The summed E-state index contributed by atoms with van der Waals surface area (Å²) in [6.07, 6.45) is 7.64. The van der Waals surface area contributed by atoms with Crippen molar-refractivity contribution in [1.82, 2.24) is 0 Å². The Balaban J connectivity index is 5.33. The summed E-state index contributed by atoms with van der Waals surface area (Å²) >= 11 is 0. The molecule has 4 heteroatoms. The summed E-state index contributed by atoms with van der Waals surface area (Å²) in [6, 6.07) is 0. The van der Waals surface area contributed by atoms with E-state index < -0.39 is 17.4 Å². The number of rotatable bonds is 6. The number of methoxy groups -OCH3 is 2. The first-order valence-electron chi connectivity index (χ1n) is 5.48. The van der Waals surface area contributed by atoms with Crippen molar-refractivity contribution >= 4 is 11.9 Å². The summed E-state index contributed by atoms with van der Waals surface area (Å²) in [5.41, 5.74) is -1.28. The standard InChI is InChI=1S/C13H20O4/c1-5-7-9-13(10-8-6-2,11(14)16-3)12(15)17-4/h5-8H,9-10H2,1-4H3/b7-5+,8-6+. The monoisotopic (exact) mass is 240 g/mol. The second-order valence-corrected chi connectivity index (χ2v) is 3.61. The second kappa shape index (κ2) is 7.65. The molecule has 0 atom stereocenters. The second-order valence-electron chi connectivity index (χ2n) is 3.61. The summed E-state index contributed by atoms with van der Waals surface area (Å²) < 4.78 is 9.45. The highest BCUT2D eigenvalue weighted by atomic mass is 16.5. The molecule has 96 valence electrons. The van der Waals surface area contributed by atoms with Gasteiger partial charge in [-0.2, -0.15) is 0 Å². The van der Waals surface area contributed by atoms with Crippen LogP contribution in [0.5, 0.6) is 0 Å². The highest BCUT2D eigenvalue weighted by molar-refractivity contribution is 6.00. The highest BCUT2D eigenvalue weighted by Crippen LogP contribution is 2.31. The van der Waals surface area contributed by atoms with Crippen molar-refractivity contribution in [2.75, 3.05) is 14.2 Å². The van der Waals surface area contributed by atoms with Crippen molar-refractivity contribution in [2.45, 2.75) is 26.7 Å². The molecule has 0 aliphatic heterocycles. The summed E-state index contributed by atoms with van der Waals surface area (Å²) in [7, 11) is 2.54. The van der Waals surface area contributed by atoms with Crippen LogP contribution in [0.25, 0.3) is 0 Å². The molecule has 0 N–H and O–H groups in total. The average molecular weight is 240 g/mol. The maximum Gasteiger partial charge on any atom is 0.323 e. The first-order valence-corrected chi connectivity index (χ1v) is 5.48. The molecule has 0 aromatic heterocycles. The first-order chi connectivity index (χ1) is 8.08. The van der Waals surface area contributed by atoms with Gasteiger partial charge in [-0.25, -0.2) is 0 Å². The number of carbonyl (C=O) groups excluding carboxylic acids is 2. The third-order valence-electron chi connectivity index (χ3n) is 2.56. The molecule has 0 aliphatic carbocycles. The molecule has 0 saturated carbocycles. The van der Waals surface area contributed by atoms with Gasteiger partial charge in [-0.3, -0.25) is 9.59 Å². The number of hydrogen-bond donors (Lipinski definition) is 0. The Morgan fingerprint density at radius 2 is 1.29 bits per heavy atom. The van der Waals surface area contributed by atoms with Gasteiger partial charge in [0.2, 0.25) is 0 Å². The van der Waals surface area contributed by atoms with E-state index in [0.717, 1.165) is 0 Å². The number of allylic oxidation sites excluding steroid dienone is 4. The predicted octanol–water partition coefficient (Wildman–Crippen LogP) is 2.25. The Bertz CT molecular complexity index is 283. The number of esters is 2. The van der Waals surface area contributed by atoms with Gasteiger partial charge in [-0.1, -0.05) is 24.3 Å². The minimum Gasteiger partial charge on any atom is -0.468 e. The van der Waals surface area contributed by atoms with Gasteiger partial charge in [0.15, 0.2) is 5.41 Å².